The molecule has 0 spiro atoms. The third-order valence-electron chi connectivity index (χ3n) is 5.60. The standard InChI is InChI=1S/C23H23F3N2O6/c1-2-33-19(30)22(32,23(24,25)26)21(16-10-6-7-11-17(16)28-18(21)29)12-13-27-20(31)34-14-15-8-4-3-5-9-15/h3-11,32H,2,12-14H2,1H3,(H,27,31)(H,28,29)/t21-,22-/m1/s1. The fourth-order valence-electron chi connectivity index (χ4n) is 4.00. The van der Waals surface area contributed by atoms with Crippen LogP contribution >= 0.6 is 0 Å². The van der Waals surface area contributed by atoms with Gasteiger partial charge in [-0.05, 0) is 30.5 Å². The van der Waals surface area contributed by atoms with Crippen molar-refractivity contribution < 1.29 is 42.1 Å². The molecule has 11 heteroatoms. The van der Waals surface area contributed by atoms with Crippen molar-refractivity contribution in [1.29, 1.82) is 0 Å². The molecule has 0 saturated heterocycles. The van der Waals surface area contributed by atoms with Gasteiger partial charge in [0.25, 0.3) is 5.60 Å². The molecule has 34 heavy (non-hydrogen) atoms. The molecule has 0 unspecified atom stereocenters. The van der Waals surface area contributed by atoms with E-state index in [9.17, 15) is 32.7 Å². The Bertz CT molecular complexity index is 1060. The number of amides is 2. The first-order valence-corrected chi connectivity index (χ1v) is 10.4. The Kier molecular flexibility index (Phi) is 7.15. The van der Waals surface area contributed by atoms with Gasteiger partial charge in [0.2, 0.25) is 5.91 Å². The molecule has 2 atom stereocenters. The van der Waals surface area contributed by atoms with Crippen molar-refractivity contribution in [2.24, 2.45) is 0 Å². The molecule has 1 aliphatic heterocycles. The topological polar surface area (TPSA) is 114 Å². The fraction of sp³-hybridized carbons (Fsp3) is 0.348. The van der Waals surface area contributed by atoms with E-state index in [1.807, 2.05) is 0 Å². The molecule has 8 nitrogen and oxygen atoms in total. The Hall–Kier alpha value is -3.60. The van der Waals surface area contributed by atoms with Gasteiger partial charge in [0, 0.05) is 12.2 Å². The quantitative estimate of drug-likeness (QED) is 0.501. The first-order chi connectivity index (χ1) is 16.1. The molecule has 2 aromatic carbocycles. The lowest BCUT2D eigenvalue weighted by atomic mass is 9.65. The highest BCUT2D eigenvalue weighted by Crippen LogP contribution is 2.53. The normalized spacial score (nSPS) is 18.9. The number of anilines is 1. The molecule has 0 saturated carbocycles. The van der Waals surface area contributed by atoms with Gasteiger partial charge >= 0.3 is 18.2 Å². The minimum atomic E-state index is -5.58. The zero-order chi connectivity index (χ0) is 25.0. The molecular formula is C23H23F3N2O6. The van der Waals surface area contributed by atoms with E-state index in [1.165, 1.54) is 31.2 Å². The summed E-state index contributed by atoms with van der Waals surface area (Å²) in [5.41, 5.74) is -6.59. The van der Waals surface area contributed by atoms with E-state index in [0.29, 0.717) is 5.56 Å². The van der Waals surface area contributed by atoms with Crippen molar-refractivity contribution in [1.82, 2.24) is 5.32 Å². The molecule has 0 aliphatic carbocycles. The monoisotopic (exact) mass is 480 g/mol. The van der Waals surface area contributed by atoms with Crippen LogP contribution in [0.2, 0.25) is 0 Å². The molecule has 0 fully saturated rings. The average Bonchev–Trinajstić information content (AvgIpc) is 3.09. The van der Waals surface area contributed by atoms with Crippen LogP contribution in [0.25, 0.3) is 0 Å². The molecule has 1 heterocycles. The van der Waals surface area contributed by atoms with Gasteiger partial charge < -0.3 is 25.2 Å². The second kappa shape index (κ2) is 9.72. The molecule has 2 aromatic rings. The lowest BCUT2D eigenvalue weighted by Gasteiger charge is -2.42. The summed E-state index contributed by atoms with van der Waals surface area (Å²) in [4.78, 5) is 37.6. The van der Waals surface area contributed by atoms with Crippen LogP contribution in [-0.2, 0) is 31.1 Å². The van der Waals surface area contributed by atoms with Crippen LogP contribution < -0.4 is 10.6 Å². The van der Waals surface area contributed by atoms with Crippen LogP contribution in [0.3, 0.4) is 0 Å². The number of nitrogens with one attached hydrogen (secondary N) is 2. The Balaban J connectivity index is 1.90. The predicted octanol–water partition coefficient (Wildman–Crippen LogP) is 3.05. The Morgan fingerprint density at radius 2 is 1.71 bits per heavy atom. The van der Waals surface area contributed by atoms with Crippen LogP contribution in [0.1, 0.15) is 24.5 Å². The second-order valence-corrected chi connectivity index (χ2v) is 7.57. The SMILES string of the molecule is CCOC(=O)[C@](O)(C(F)(F)F)[C@@]1(CCNC(=O)OCc2ccccc2)C(=O)Nc2ccccc21. The molecule has 1 aliphatic rings. The Labute approximate surface area is 193 Å². The largest absolute Gasteiger partial charge is 0.464 e. The number of hydrogen-bond acceptors (Lipinski definition) is 6. The second-order valence-electron chi connectivity index (χ2n) is 7.57. The minimum Gasteiger partial charge on any atom is -0.464 e. The van der Waals surface area contributed by atoms with Gasteiger partial charge in [0.15, 0.2) is 0 Å². The Morgan fingerprint density at radius 1 is 1.06 bits per heavy atom. The van der Waals surface area contributed by atoms with Gasteiger partial charge in [-0.25, -0.2) is 9.59 Å². The lowest BCUT2D eigenvalue weighted by Crippen LogP contribution is -2.69. The zero-order valence-electron chi connectivity index (χ0n) is 18.1. The summed E-state index contributed by atoms with van der Waals surface area (Å²) >= 11 is 0. The number of carbonyl (C=O) groups excluding carboxylic acids is 3. The third kappa shape index (κ3) is 4.30. The highest BCUT2D eigenvalue weighted by Gasteiger charge is 2.76. The first kappa shape index (κ1) is 25.0. The van der Waals surface area contributed by atoms with Crippen LogP contribution in [0, 0.1) is 0 Å². The number of esters is 1. The molecule has 0 bridgehead atoms. The number of aliphatic hydroxyl groups is 1. The van der Waals surface area contributed by atoms with E-state index in [-0.39, 0.29) is 17.9 Å². The molecule has 0 radical (unpaired) electrons. The molecule has 2 amide bonds. The van der Waals surface area contributed by atoms with Crippen LogP contribution in [0.5, 0.6) is 0 Å². The number of benzene rings is 2. The summed E-state index contributed by atoms with van der Waals surface area (Å²) in [6.07, 6.45) is -7.30. The maximum atomic E-state index is 14.3. The van der Waals surface area contributed by atoms with Crippen LogP contribution in [0.4, 0.5) is 23.7 Å². The highest BCUT2D eigenvalue weighted by atomic mass is 19.4. The maximum Gasteiger partial charge on any atom is 0.429 e. The number of ether oxygens (including phenoxy) is 2. The first-order valence-electron chi connectivity index (χ1n) is 10.4. The summed E-state index contributed by atoms with van der Waals surface area (Å²) in [7, 11) is 0. The number of alkyl halides is 3. The summed E-state index contributed by atoms with van der Waals surface area (Å²) in [6, 6.07) is 14.1. The van der Waals surface area contributed by atoms with Gasteiger partial charge in [-0.2, -0.15) is 13.2 Å². The van der Waals surface area contributed by atoms with Crippen molar-refractivity contribution in [3.63, 3.8) is 0 Å². The van der Waals surface area contributed by atoms with Crippen LogP contribution in [-0.4, -0.2) is 48.0 Å². The summed E-state index contributed by atoms with van der Waals surface area (Å²) < 4.78 is 52.5. The molecule has 182 valence electrons. The van der Waals surface area contributed by atoms with E-state index >= 15 is 0 Å². The van der Waals surface area contributed by atoms with Crippen molar-refractivity contribution in [3.05, 3.63) is 65.7 Å². The van der Waals surface area contributed by atoms with Gasteiger partial charge in [-0.3, -0.25) is 4.79 Å². The van der Waals surface area contributed by atoms with E-state index in [1.54, 1.807) is 30.3 Å². The molecule has 0 aromatic heterocycles. The number of carbonyl (C=O) groups is 3. The lowest BCUT2D eigenvalue weighted by molar-refractivity contribution is -0.281. The number of halogens is 3. The summed E-state index contributed by atoms with van der Waals surface area (Å²) in [5.74, 6) is -3.26. The molecule has 3 rings (SSSR count). The van der Waals surface area contributed by atoms with Crippen molar-refractivity contribution in [2.45, 2.75) is 37.1 Å². The van der Waals surface area contributed by atoms with E-state index in [0.717, 1.165) is 0 Å². The van der Waals surface area contributed by atoms with E-state index in [2.05, 4.69) is 15.4 Å². The van der Waals surface area contributed by atoms with E-state index < -0.39 is 54.7 Å². The summed E-state index contributed by atoms with van der Waals surface area (Å²) in [6.45, 7) is 0.207. The highest BCUT2D eigenvalue weighted by molar-refractivity contribution is 6.11. The smallest absolute Gasteiger partial charge is 0.429 e. The molecular weight excluding hydrogens is 457 g/mol. The van der Waals surface area contributed by atoms with Gasteiger partial charge in [0.1, 0.15) is 12.0 Å². The zero-order valence-corrected chi connectivity index (χ0v) is 18.1. The molecule has 3 N–H and O–H groups in total. The number of alkyl carbamates (subject to hydrolysis) is 1. The van der Waals surface area contributed by atoms with Crippen molar-refractivity contribution >= 4 is 23.7 Å². The van der Waals surface area contributed by atoms with Crippen molar-refractivity contribution in [2.75, 3.05) is 18.5 Å². The maximum absolute atomic E-state index is 14.3. The number of hydrogen-bond donors (Lipinski definition) is 3. The average molecular weight is 480 g/mol. The third-order valence-corrected chi connectivity index (χ3v) is 5.60. The van der Waals surface area contributed by atoms with Crippen molar-refractivity contribution in [3.8, 4) is 0 Å². The number of rotatable bonds is 8. The number of para-hydroxylation sites is 1. The fourth-order valence-corrected chi connectivity index (χ4v) is 4.00. The number of fused-ring (bicyclic) bond motifs is 1. The minimum absolute atomic E-state index is 0.00567. The summed E-state index contributed by atoms with van der Waals surface area (Å²) in [5, 5.41) is 15.5. The van der Waals surface area contributed by atoms with E-state index in [4.69, 9.17) is 4.74 Å². The van der Waals surface area contributed by atoms with Gasteiger partial charge in [-0.15, -0.1) is 0 Å². The van der Waals surface area contributed by atoms with Gasteiger partial charge in [-0.1, -0.05) is 48.5 Å². The van der Waals surface area contributed by atoms with Gasteiger partial charge in [0.05, 0.1) is 6.61 Å². The van der Waals surface area contributed by atoms with Crippen LogP contribution in [0.15, 0.2) is 54.6 Å². The predicted molar refractivity (Wildman–Crippen MR) is 114 cm³/mol. The Morgan fingerprint density at radius 3 is 2.35 bits per heavy atom.